The molecule has 0 spiro atoms. The highest BCUT2D eigenvalue weighted by Crippen LogP contribution is 2.31. The summed E-state index contributed by atoms with van der Waals surface area (Å²) in [5, 5.41) is 1.41. The Bertz CT molecular complexity index is 893. The van der Waals surface area contributed by atoms with E-state index in [4.69, 9.17) is 4.74 Å². The fourth-order valence-corrected chi connectivity index (χ4v) is 4.10. The van der Waals surface area contributed by atoms with Crippen molar-refractivity contribution in [2.45, 2.75) is 6.42 Å². The van der Waals surface area contributed by atoms with Gasteiger partial charge in [-0.2, -0.15) is 0 Å². The molecule has 0 bridgehead atoms. The van der Waals surface area contributed by atoms with Crippen LogP contribution in [-0.2, 0) is 16.3 Å². The van der Waals surface area contributed by atoms with Crippen molar-refractivity contribution in [1.29, 1.82) is 0 Å². The van der Waals surface area contributed by atoms with Gasteiger partial charge in [0.05, 0.1) is 12.9 Å². The molecule has 0 unspecified atom stereocenters. The number of rotatable bonds is 4. The van der Waals surface area contributed by atoms with Crippen LogP contribution in [0.4, 0.5) is 0 Å². The van der Waals surface area contributed by atoms with Crippen molar-refractivity contribution in [3.8, 4) is 5.75 Å². The van der Waals surface area contributed by atoms with Gasteiger partial charge in [0, 0.05) is 9.88 Å². The first-order chi connectivity index (χ1) is 11.5. The molecule has 0 aliphatic carbocycles. The Balaban J connectivity index is 1.94. The average molecular weight is 405 g/mol. The minimum absolute atomic E-state index is 0.0461. The van der Waals surface area contributed by atoms with Gasteiger partial charge in [-0.15, -0.1) is 0 Å². The number of allylic oxidation sites excluding steroid dienone is 2. The molecule has 2 aromatic carbocycles. The van der Waals surface area contributed by atoms with E-state index in [0.29, 0.717) is 6.42 Å². The predicted molar refractivity (Wildman–Crippen MR) is 101 cm³/mol. The smallest absolute Gasteiger partial charge is 0.175 e. The van der Waals surface area contributed by atoms with E-state index in [1.807, 2.05) is 48.5 Å². The van der Waals surface area contributed by atoms with Crippen LogP contribution in [0, 0.1) is 0 Å². The van der Waals surface area contributed by atoms with Crippen molar-refractivity contribution < 1.29 is 13.2 Å². The minimum Gasteiger partial charge on any atom is -0.497 e. The summed E-state index contributed by atoms with van der Waals surface area (Å²) in [7, 11) is -1.56. The molecule has 0 N–H and O–H groups in total. The fourth-order valence-electron chi connectivity index (χ4n) is 2.69. The number of methoxy groups -OCH3 is 1. The predicted octanol–water partition coefficient (Wildman–Crippen LogP) is 4.40. The number of hydrogen-bond donors (Lipinski definition) is 0. The van der Waals surface area contributed by atoms with Crippen LogP contribution in [0.3, 0.4) is 0 Å². The third-order valence-corrected chi connectivity index (χ3v) is 5.70. The highest BCUT2D eigenvalue weighted by Gasteiger charge is 2.19. The molecule has 0 saturated heterocycles. The highest BCUT2D eigenvalue weighted by molar-refractivity contribution is 9.10. The molecule has 5 heteroatoms. The molecule has 1 heterocycles. The molecular formula is C19H17BrO3S. The van der Waals surface area contributed by atoms with Gasteiger partial charge in [0.2, 0.25) is 0 Å². The van der Waals surface area contributed by atoms with Gasteiger partial charge in [0.15, 0.2) is 9.84 Å². The van der Waals surface area contributed by atoms with Gasteiger partial charge in [-0.25, -0.2) is 8.42 Å². The minimum atomic E-state index is -3.19. The number of benzene rings is 2. The van der Waals surface area contributed by atoms with Gasteiger partial charge in [-0.3, -0.25) is 0 Å². The van der Waals surface area contributed by atoms with Crippen LogP contribution in [0.25, 0.3) is 5.57 Å². The zero-order chi connectivity index (χ0) is 17.2. The Morgan fingerprint density at radius 1 is 1.04 bits per heavy atom. The van der Waals surface area contributed by atoms with Crippen molar-refractivity contribution in [3.63, 3.8) is 0 Å². The summed E-state index contributed by atoms with van der Waals surface area (Å²) in [4.78, 5) is 0. The van der Waals surface area contributed by atoms with Gasteiger partial charge in [0.1, 0.15) is 5.75 Å². The molecule has 3 nitrogen and oxygen atoms in total. The van der Waals surface area contributed by atoms with E-state index in [0.717, 1.165) is 32.5 Å². The van der Waals surface area contributed by atoms with Gasteiger partial charge in [-0.1, -0.05) is 46.3 Å². The summed E-state index contributed by atoms with van der Waals surface area (Å²) in [5.74, 6) is 0.831. The summed E-state index contributed by atoms with van der Waals surface area (Å²) in [6, 6.07) is 15.6. The lowest BCUT2D eigenvalue weighted by molar-refractivity contribution is 0.414. The lowest BCUT2D eigenvalue weighted by atomic mass is 9.93. The molecule has 0 saturated carbocycles. The van der Waals surface area contributed by atoms with E-state index in [9.17, 15) is 8.42 Å². The number of sulfone groups is 1. The molecule has 24 heavy (non-hydrogen) atoms. The van der Waals surface area contributed by atoms with E-state index in [1.54, 1.807) is 13.2 Å². The largest absolute Gasteiger partial charge is 0.497 e. The fraction of sp³-hybridized carbons (Fsp3) is 0.158. The molecule has 0 amide bonds. The van der Waals surface area contributed by atoms with Crippen molar-refractivity contribution in [3.05, 3.63) is 81.2 Å². The van der Waals surface area contributed by atoms with E-state index in [1.165, 1.54) is 5.41 Å². The second kappa shape index (κ2) is 6.95. The topological polar surface area (TPSA) is 43.4 Å². The normalized spacial score (nSPS) is 16.2. The van der Waals surface area contributed by atoms with Crippen LogP contribution in [0.1, 0.15) is 11.1 Å². The first-order valence-corrected chi connectivity index (χ1v) is 10.0. The summed E-state index contributed by atoms with van der Waals surface area (Å²) in [6.45, 7) is 0. The second-order valence-electron chi connectivity index (χ2n) is 5.62. The van der Waals surface area contributed by atoms with Crippen LogP contribution < -0.4 is 4.74 Å². The van der Waals surface area contributed by atoms with E-state index < -0.39 is 9.84 Å². The molecule has 1 aliphatic heterocycles. The third kappa shape index (κ3) is 3.97. The van der Waals surface area contributed by atoms with E-state index in [2.05, 4.69) is 15.9 Å². The summed E-state index contributed by atoms with van der Waals surface area (Å²) in [6.07, 6.45) is 2.36. The van der Waals surface area contributed by atoms with Crippen LogP contribution in [-0.4, -0.2) is 21.3 Å². The van der Waals surface area contributed by atoms with Gasteiger partial charge >= 0.3 is 0 Å². The van der Waals surface area contributed by atoms with Gasteiger partial charge in [-0.05, 0) is 53.0 Å². The zero-order valence-corrected chi connectivity index (χ0v) is 15.6. The molecule has 3 rings (SSSR count). The van der Waals surface area contributed by atoms with Crippen LogP contribution in [0.15, 0.2) is 70.1 Å². The van der Waals surface area contributed by atoms with Crippen LogP contribution in [0.2, 0.25) is 0 Å². The average Bonchev–Trinajstić information content (AvgIpc) is 2.56. The standard InChI is InChI=1S/C19H17BrO3S/c1-23-18-8-2-14(3-9-18)12-16-13-24(21,22)11-10-19(16)15-4-6-17(20)7-5-15/h2-10,13H,11-12H2,1H3. The molecular weight excluding hydrogens is 388 g/mol. The Labute approximate surface area is 150 Å². The molecule has 0 fully saturated rings. The second-order valence-corrected chi connectivity index (χ2v) is 8.43. The lowest BCUT2D eigenvalue weighted by Crippen LogP contribution is -2.10. The summed E-state index contributed by atoms with van der Waals surface area (Å²) >= 11 is 3.43. The van der Waals surface area contributed by atoms with Crippen molar-refractivity contribution >= 4 is 31.3 Å². The maximum Gasteiger partial charge on any atom is 0.175 e. The summed E-state index contributed by atoms with van der Waals surface area (Å²) in [5.41, 5.74) is 3.86. The van der Waals surface area contributed by atoms with Crippen molar-refractivity contribution in [2.24, 2.45) is 0 Å². The highest BCUT2D eigenvalue weighted by atomic mass is 79.9. The molecule has 124 valence electrons. The number of ether oxygens (including phenoxy) is 1. The SMILES string of the molecule is COc1ccc(CC2=CS(=O)(=O)CC=C2c2ccc(Br)cc2)cc1. The van der Waals surface area contributed by atoms with Crippen LogP contribution >= 0.6 is 15.9 Å². The monoisotopic (exact) mass is 404 g/mol. The maximum atomic E-state index is 12.0. The molecule has 0 aromatic heterocycles. The van der Waals surface area contributed by atoms with E-state index in [-0.39, 0.29) is 5.75 Å². The van der Waals surface area contributed by atoms with Crippen molar-refractivity contribution in [1.82, 2.24) is 0 Å². The van der Waals surface area contributed by atoms with Gasteiger partial charge in [0.25, 0.3) is 0 Å². The first kappa shape index (κ1) is 17.0. The summed E-state index contributed by atoms with van der Waals surface area (Å²) < 4.78 is 30.2. The maximum absolute atomic E-state index is 12.0. The third-order valence-electron chi connectivity index (χ3n) is 3.90. The Morgan fingerprint density at radius 2 is 1.71 bits per heavy atom. The molecule has 0 radical (unpaired) electrons. The number of halogens is 1. The molecule has 1 aliphatic rings. The van der Waals surface area contributed by atoms with E-state index >= 15 is 0 Å². The van der Waals surface area contributed by atoms with Gasteiger partial charge < -0.3 is 4.74 Å². The quantitative estimate of drug-likeness (QED) is 0.758. The molecule has 0 atom stereocenters. The lowest BCUT2D eigenvalue weighted by Gasteiger charge is -2.17. The zero-order valence-electron chi connectivity index (χ0n) is 13.2. The Hall–Kier alpha value is -1.85. The Kier molecular flexibility index (Phi) is 4.92. The first-order valence-electron chi connectivity index (χ1n) is 7.49. The van der Waals surface area contributed by atoms with Crippen LogP contribution in [0.5, 0.6) is 5.75 Å². The number of hydrogen-bond acceptors (Lipinski definition) is 3. The molecule has 2 aromatic rings. The Morgan fingerprint density at radius 3 is 2.33 bits per heavy atom. The van der Waals surface area contributed by atoms with Crippen molar-refractivity contribution in [2.75, 3.05) is 12.9 Å².